The average molecular weight is 455 g/mol. The minimum Gasteiger partial charge on any atom is -0.449 e. The molecule has 3 aliphatic rings. The number of carbonyl (C=O) groups excluding carboxylic acids is 2. The fourth-order valence-corrected chi connectivity index (χ4v) is 4.96. The molecule has 0 unspecified atom stereocenters. The van der Waals surface area contributed by atoms with E-state index in [0.717, 1.165) is 31.7 Å². The predicted octanol–water partition coefficient (Wildman–Crippen LogP) is 5.07. The number of furan rings is 1. The number of amides is 2. The Balaban J connectivity index is 1.44. The number of rotatable bonds is 3. The van der Waals surface area contributed by atoms with Gasteiger partial charge in [0.1, 0.15) is 12.1 Å². The van der Waals surface area contributed by atoms with Gasteiger partial charge in [-0.05, 0) is 55.2 Å². The molecule has 1 saturated heterocycles. The molecule has 1 aromatic heterocycles. The van der Waals surface area contributed by atoms with Crippen molar-refractivity contribution < 1.29 is 27.2 Å². The zero-order valence-electron chi connectivity index (χ0n) is 17.0. The number of hydrogen-bond donors (Lipinski definition) is 0. The summed E-state index contributed by atoms with van der Waals surface area (Å²) in [6.07, 6.45) is -1.06. The van der Waals surface area contributed by atoms with E-state index in [9.17, 15) is 22.8 Å². The second-order valence-electron chi connectivity index (χ2n) is 9.01. The molecular weight excluding hydrogens is 433 g/mol. The molecule has 0 spiro atoms. The van der Waals surface area contributed by atoms with Crippen molar-refractivity contribution in [2.75, 3.05) is 19.6 Å². The molecule has 0 bridgehead atoms. The van der Waals surface area contributed by atoms with Gasteiger partial charge in [0.25, 0.3) is 5.91 Å². The Morgan fingerprint density at radius 2 is 1.90 bits per heavy atom. The number of nitrogens with zero attached hydrogens (tertiary/aromatic N) is 2. The van der Waals surface area contributed by atoms with Gasteiger partial charge in [0.15, 0.2) is 0 Å². The number of carbonyl (C=O) groups is 2. The van der Waals surface area contributed by atoms with Crippen LogP contribution in [0.4, 0.5) is 13.2 Å². The SMILES string of the molecule is CC1CC(N2CCN(C(=O)c3oc4c(C(F)(F)F)cc(C5CC5)cc4c3Cl)CC2=O)C1. The third kappa shape index (κ3) is 3.58. The largest absolute Gasteiger partial charge is 0.449 e. The molecule has 0 N–H and O–H groups in total. The Bertz CT molecular complexity index is 1070. The zero-order chi connectivity index (χ0) is 22.1. The van der Waals surface area contributed by atoms with Crippen molar-refractivity contribution in [1.29, 1.82) is 0 Å². The number of halogens is 4. The Morgan fingerprint density at radius 1 is 1.19 bits per heavy atom. The first kappa shape index (κ1) is 20.7. The molecule has 2 heterocycles. The Morgan fingerprint density at radius 3 is 2.48 bits per heavy atom. The van der Waals surface area contributed by atoms with Crippen LogP contribution in [0.25, 0.3) is 11.0 Å². The highest BCUT2D eigenvalue weighted by atomic mass is 35.5. The lowest BCUT2D eigenvalue weighted by Gasteiger charge is -2.45. The van der Waals surface area contributed by atoms with E-state index in [-0.39, 0.29) is 40.6 Å². The smallest absolute Gasteiger partial charge is 0.420 e. The van der Waals surface area contributed by atoms with Gasteiger partial charge in [0.2, 0.25) is 11.7 Å². The molecule has 0 atom stereocenters. The van der Waals surface area contributed by atoms with E-state index in [1.807, 2.05) is 0 Å². The molecule has 2 aliphatic carbocycles. The van der Waals surface area contributed by atoms with Crippen LogP contribution in [0.15, 0.2) is 16.5 Å². The highest BCUT2D eigenvalue weighted by Crippen LogP contribution is 2.47. The number of fused-ring (bicyclic) bond motifs is 1. The molecule has 0 radical (unpaired) electrons. The van der Waals surface area contributed by atoms with Crippen LogP contribution >= 0.6 is 11.6 Å². The molecule has 2 amide bonds. The summed E-state index contributed by atoms with van der Waals surface area (Å²) >= 11 is 6.35. The predicted molar refractivity (Wildman–Crippen MR) is 108 cm³/mol. The van der Waals surface area contributed by atoms with Gasteiger partial charge < -0.3 is 14.2 Å². The summed E-state index contributed by atoms with van der Waals surface area (Å²) in [7, 11) is 0. The van der Waals surface area contributed by atoms with Gasteiger partial charge in [-0.1, -0.05) is 18.5 Å². The highest BCUT2D eigenvalue weighted by molar-refractivity contribution is 6.38. The molecular formula is C22H22ClF3N2O3. The van der Waals surface area contributed by atoms with Crippen LogP contribution in [0.3, 0.4) is 0 Å². The first-order valence-corrected chi connectivity index (χ1v) is 10.9. The van der Waals surface area contributed by atoms with Crippen molar-refractivity contribution in [3.05, 3.63) is 34.0 Å². The van der Waals surface area contributed by atoms with E-state index < -0.39 is 23.2 Å². The standard InChI is InChI=1S/C22H22ClF3N2O3/c1-11-6-14(7-11)28-5-4-27(10-17(28)29)21(30)20-18(23)15-8-13(12-2-3-12)9-16(19(15)31-20)22(24,25)26/h8-9,11-12,14H,2-7,10H2,1H3. The maximum atomic E-state index is 13.7. The topological polar surface area (TPSA) is 53.8 Å². The van der Waals surface area contributed by atoms with Crippen LogP contribution in [0.1, 0.15) is 60.2 Å². The third-order valence-corrected chi connectivity index (χ3v) is 7.01. The Kier molecular flexibility index (Phi) is 4.77. The van der Waals surface area contributed by atoms with Gasteiger partial charge in [0.05, 0.1) is 10.6 Å². The normalized spacial score (nSPS) is 24.6. The van der Waals surface area contributed by atoms with Crippen LogP contribution in [-0.4, -0.2) is 47.3 Å². The van der Waals surface area contributed by atoms with Crippen LogP contribution in [0.2, 0.25) is 5.02 Å². The van der Waals surface area contributed by atoms with Crippen LogP contribution < -0.4 is 0 Å². The fourth-order valence-electron chi connectivity index (χ4n) is 4.70. The lowest BCUT2D eigenvalue weighted by molar-refractivity contribution is -0.140. The van der Waals surface area contributed by atoms with E-state index >= 15 is 0 Å². The second-order valence-corrected chi connectivity index (χ2v) is 9.38. The van der Waals surface area contributed by atoms with Crippen LogP contribution in [0.5, 0.6) is 0 Å². The number of piperazine rings is 1. The maximum Gasteiger partial charge on any atom is 0.420 e. The molecule has 2 aromatic rings. The summed E-state index contributed by atoms with van der Waals surface area (Å²) in [5.41, 5.74) is -0.799. The average Bonchev–Trinajstić information content (AvgIpc) is 3.48. The number of hydrogen-bond acceptors (Lipinski definition) is 3. The molecule has 9 heteroatoms. The van der Waals surface area contributed by atoms with Gasteiger partial charge in [-0.15, -0.1) is 0 Å². The molecule has 31 heavy (non-hydrogen) atoms. The van der Waals surface area contributed by atoms with E-state index in [0.29, 0.717) is 24.6 Å². The van der Waals surface area contributed by atoms with Gasteiger partial charge in [0, 0.05) is 24.5 Å². The molecule has 2 saturated carbocycles. The van der Waals surface area contributed by atoms with Crippen molar-refractivity contribution in [3.63, 3.8) is 0 Å². The third-order valence-electron chi connectivity index (χ3n) is 6.63. The van der Waals surface area contributed by atoms with Crippen molar-refractivity contribution >= 4 is 34.4 Å². The Labute approximate surface area is 182 Å². The summed E-state index contributed by atoms with van der Waals surface area (Å²) in [6.45, 7) is 2.70. The Hall–Kier alpha value is -2.22. The monoisotopic (exact) mass is 454 g/mol. The molecule has 1 aliphatic heterocycles. The lowest BCUT2D eigenvalue weighted by Crippen LogP contribution is -2.57. The van der Waals surface area contributed by atoms with Gasteiger partial charge in [-0.25, -0.2) is 0 Å². The number of alkyl halides is 3. The summed E-state index contributed by atoms with van der Waals surface area (Å²) in [6, 6.07) is 2.89. The van der Waals surface area contributed by atoms with E-state index in [4.69, 9.17) is 16.0 Å². The molecule has 5 rings (SSSR count). The maximum absolute atomic E-state index is 13.7. The van der Waals surface area contributed by atoms with Crippen molar-refractivity contribution in [2.45, 2.75) is 50.7 Å². The number of benzene rings is 1. The van der Waals surface area contributed by atoms with Crippen molar-refractivity contribution in [3.8, 4) is 0 Å². The second kappa shape index (κ2) is 7.15. The summed E-state index contributed by atoms with van der Waals surface area (Å²) < 4.78 is 46.4. The fraction of sp³-hybridized carbons (Fsp3) is 0.545. The highest BCUT2D eigenvalue weighted by Gasteiger charge is 2.40. The lowest BCUT2D eigenvalue weighted by atomic mass is 9.80. The minimum absolute atomic E-state index is 0.0792. The zero-order valence-corrected chi connectivity index (χ0v) is 17.7. The summed E-state index contributed by atoms with van der Waals surface area (Å²) in [4.78, 5) is 28.7. The van der Waals surface area contributed by atoms with Gasteiger partial charge >= 0.3 is 6.18 Å². The van der Waals surface area contributed by atoms with E-state index in [2.05, 4.69) is 6.92 Å². The van der Waals surface area contributed by atoms with Gasteiger partial charge in [-0.2, -0.15) is 13.2 Å². The molecule has 166 valence electrons. The van der Waals surface area contributed by atoms with Crippen molar-refractivity contribution in [1.82, 2.24) is 9.80 Å². The first-order valence-electron chi connectivity index (χ1n) is 10.6. The molecule has 1 aromatic carbocycles. The van der Waals surface area contributed by atoms with Crippen molar-refractivity contribution in [2.24, 2.45) is 5.92 Å². The quantitative estimate of drug-likeness (QED) is 0.651. The van der Waals surface area contributed by atoms with Crippen LogP contribution in [0, 0.1) is 5.92 Å². The van der Waals surface area contributed by atoms with E-state index in [1.165, 1.54) is 4.90 Å². The van der Waals surface area contributed by atoms with Gasteiger partial charge in [-0.3, -0.25) is 9.59 Å². The molecule has 5 nitrogen and oxygen atoms in total. The summed E-state index contributed by atoms with van der Waals surface area (Å²) in [5, 5.41) is -0.0362. The summed E-state index contributed by atoms with van der Waals surface area (Å²) in [5.74, 6) is -0.479. The minimum atomic E-state index is -4.63. The first-order chi connectivity index (χ1) is 14.6. The molecule has 3 fully saturated rings. The van der Waals surface area contributed by atoms with E-state index in [1.54, 1.807) is 11.0 Å². The van der Waals surface area contributed by atoms with Crippen LogP contribution in [-0.2, 0) is 11.0 Å².